The molecule has 0 atom stereocenters. The standard InChI is InChI=1S/C28H28O3/c1-31-25-9-7-21(26-22-5-3-2-4-20(22)6-8-23(26)27(29)30)13-24(25)28-14-17-10-18(15-28)12-19(11-17)16-28/h2-9,13,17-19H,10-12,14-16H2,1H3,(H,29,30). The van der Waals surface area contributed by atoms with Crippen molar-refractivity contribution < 1.29 is 14.6 Å². The molecule has 4 fully saturated rings. The molecule has 0 aliphatic heterocycles. The van der Waals surface area contributed by atoms with Gasteiger partial charge in [-0.1, -0.05) is 36.4 Å². The monoisotopic (exact) mass is 412 g/mol. The molecule has 3 heteroatoms. The van der Waals surface area contributed by atoms with E-state index < -0.39 is 5.97 Å². The fourth-order valence-corrected chi connectivity index (χ4v) is 7.48. The molecule has 1 N–H and O–H groups in total. The van der Waals surface area contributed by atoms with Crippen LogP contribution in [0.5, 0.6) is 5.75 Å². The Morgan fingerprint density at radius 1 is 0.935 bits per heavy atom. The van der Waals surface area contributed by atoms with Crippen molar-refractivity contribution >= 4 is 16.7 Å². The van der Waals surface area contributed by atoms with Gasteiger partial charge in [0, 0.05) is 11.1 Å². The molecular formula is C28H28O3. The SMILES string of the molecule is COc1ccc(-c2c(C(=O)O)ccc3ccccc23)cc1C12CC3CC(CC(C3)C1)C2. The summed E-state index contributed by atoms with van der Waals surface area (Å²) < 4.78 is 5.87. The van der Waals surface area contributed by atoms with Crippen molar-refractivity contribution in [2.24, 2.45) is 17.8 Å². The van der Waals surface area contributed by atoms with Gasteiger partial charge >= 0.3 is 5.97 Å². The number of rotatable bonds is 4. The lowest BCUT2D eigenvalue weighted by molar-refractivity contribution is -0.00613. The molecule has 0 unspecified atom stereocenters. The van der Waals surface area contributed by atoms with Gasteiger partial charge in [-0.25, -0.2) is 4.79 Å². The molecule has 4 aliphatic rings. The first-order valence-electron chi connectivity index (χ1n) is 11.5. The van der Waals surface area contributed by atoms with Crippen molar-refractivity contribution in [2.45, 2.75) is 43.9 Å². The lowest BCUT2D eigenvalue weighted by Gasteiger charge is -2.57. The van der Waals surface area contributed by atoms with Crippen LogP contribution in [0, 0.1) is 17.8 Å². The van der Waals surface area contributed by atoms with Crippen LogP contribution in [-0.4, -0.2) is 18.2 Å². The van der Waals surface area contributed by atoms with Crippen LogP contribution in [0.3, 0.4) is 0 Å². The summed E-state index contributed by atoms with van der Waals surface area (Å²) in [6.45, 7) is 0. The molecule has 4 bridgehead atoms. The average Bonchev–Trinajstić information content (AvgIpc) is 2.77. The largest absolute Gasteiger partial charge is 0.496 e. The number of hydrogen-bond acceptors (Lipinski definition) is 2. The molecule has 0 aromatic heterocycles. The summed E-state index contributed by atoms with van der Waals surface area (Å²) in [5.74, 6) is 2.60. The Morgan fingerprint density at radius 3 is 2.26 bits per heavy atom. The van der Waals surface area contributed by atoms with E-state index in [1.165, 1.54) is 44.1 Å². The van der Waals surface area contributed by atoms with E-state index in [-0.39, 0.29) is 5.41 Å². The summed E-state index contributed by atoms with van der Waals surface area (Å²) in [4.78, 5) is 12.1. The molecule has 4 saturated carbocycles. The van der Waals surface area contributed by atoms with Crippen molar-refractivity contribution in [2.75, 3.05) is 7.11 Å². The number of carbonyl (C=O) groups is 1. The Hall–Kier alpha value is -2.81. The summed E-state index contributed by atoms with van der Waals surface area (Å²) in [5.41, 5.74) is 3.65. The third kappa shape index (κ3) is 2.90. The van der Waals surface area contributed by atoms with Gasteiger partial charge in [-0.2, -0.15) is 0 Å². The fourth-order valence-electron chi connectivity index (χ4n) is 7.48. The molecular weight excluding hydrogens is 384 g/mol. The number of ether oxygens (including phenoxy) is 1. The number of carboxylic acid groups (broad SMARTS) is 1. The zero-order valence-corrected chi connectivity index (χ0v) is 17.9. The predicted octanol–water partition coefficient (Wildman–Crippen LogP) is 6.68. The van der Waals surface area contributed by atoms with Gasteiger partial charge in [0.05, 0.1) is 12.7 Å². The van der Waals surface area contributed by atoms with E-state index in [9.17, 15) is 9.90 Å². The number of carboxylic acids is 1. The van der Waals surface area contributed by atoms with E-state index in [1.807, 2.05) is 36.4 Å². The topological polar surface area (TPSA) is 46.5 Å². The average molecular weight is 413 g/mol. The first-order valence-corrected chi connectivity index (χ1v) is 11.5. The van der Waals surface area contributed by atoms with E-state index >= 15 is 0 Å². The van der Waals surface area contributed by atoms with Crippen molar-refractivity contribution in [3.63, 3.8) is 0 Å². The van der Waals surface area contributed by atoms with Crippen molar-refractivity contribution in [3.8, 4) is 16.9 Å². The smallest absolute Gasteiger partial charge is 0.336 e. The minimum absolute atomic E-state index is 0.185. The van der Waals surface area contributed by atoms with Gasteiger partial charge in [-0.3, -0.25) is 0 Å². The van der Waals surface area contributed by atoms with Gasteiger partial charge in [-0.15, -0.1) is 0 Å². The molecule has 0 amide bonds. The summed E-state index contributed by atoms with van der Waals surface area (Å²) in [6.07, 6.45) is 7.94. The Bertz CT molecular complexity index is 1160. The molecule has 0 saturated heterocycles. The Morgan fingerprint density at radius 2 is 1.61 bits per heavy atom. The van der Waals surface area contributed by atoms with Crippen LogP contribution in [-0.2, 0) is 5.41 Å². The van der Waals surface area contributed by atoms with Gasteiger partial charge < -0.3 is 9.84 Å². The fraction of sp³-hybridized carbons (Fsp3) is 0.393. The van der Waals surface area contributed by atoms with Gasteiger partial charge in [0.15, 0.2) is 0 Å². The molecule has 3 aromatic rings. The van der Waals surface area contributed by atoms with Gasteiger partial charge in [-0.05, 0) is 96.2 Å². The van der Waals surface area contributed by atoms with Crippen LogP contribution >= 0.6 is 0 Å². The minimum atomic E-state index is -0.882. The second-order valence-corrected chi connectivity index (χ2v) is 10.1. The highest BCUT2D eigenvalue weighted by Crippen LogP contribution is 2.62. The summed E-state index contributed by atoms with van der Waals surface area (Å²) in [5, 5.41) is 12.0. The van der Waals surface area contributed by atoms with Crippen LogP contribution in [0.1, 0.15) is 54.4 Å². The minimum Gasteiger partial charge on any atom is -0.496 e. The van der Waals surface area contributed by atoms with E-state index in [0.29, 0.717) is 5.56 Å². The van der Waals surface area contributed by atoms with Crippen LogP contribution in [0.25, 0.3) is 21.9 Å². The van der Waals surface area contributed by atoms with Crippen LogP contribution in [0.4, 0.5) is 0 Å². The maximum Gasteiger partial charge on any atom is 0.336 e. The van der Waals surface area contributed by atoms with Crippen LogP contribution in [0.15, 0.2) is 54.6 Å². The second-order valence-electron chi connectivity index (χ2n) is 10.1. The lowest BCUT2D eigenvalue weighted by atomic mass is 9.48. The first-order chi connectivity index (χ1) is 15.1. The highest BCUT2D eigenvalue weighted by atomic mass is 16.5. The second kappa shape index (κ2) is 6.85. The zero-order valence-electron chi connectivity index (χ0n) is 17.9. The number of aromatic carboxylic acids is 1. The molecule has 3 nitrogen and oxygen atoms in total. The molecule has 0 heterocycles. The van der Waals surface area contributed by atoms with E-state index in [0.717, 1.165) is 45.4 Å². The van der Waals surface area contributed by atoms with Crippen molar-refractivity contribution in [1.82, 2.24) is 0 Å². The van der Waals surface area contributed by atoms with Gasteiger partial charge in [0.1, 0.15) is 5.75 Å². The number of methoxy groups -OCH3 is 1. The summed E-state index contributed by atoms with van der Waals surface area (Å²) >= 11 is 0. The molecule has 0 spiro atoms. The quantitative estimate of drug-likeness (QED) is 0.520. The number of benzene rings is 3. The van der Waals surface area contributed by atoms with Crippen LogP contribution < -0.4 is 4.74 Å². The van der Waals surface area contributed by atoms with E-state index in [2.05, 4.69) is 12.1 Å². The number of fused-ring (bicyclic) bond motifs is 1. The van der Waals surface area contributed by atoms with Gasteiger partial charge in [0.2, 0.25) is 0 Å². The predicted molar refractivity (Wildman–Crippen MR) is 123 cm³/mol. The Kier molecular flexibility index (Phi) is 4.18. The number of hydrogen-bond donors (Lipinski definition) is 1. The molecule has 158 valence electrons. The lowest BCUT2D eigenvalue weighted by Crippen LogP contribution is -2.48. The molecule has 3 aromatic carbocycles. The maximum atomic E-state index is 12.1. The van der Waals surface area contributed by atoms with Crippen molar-refractivity contribution in [3.05, 3.63) is 65.7 Å². The molecule has 0 radical (unpaired) electrons. The van der Waals surface area contributed by atoms with E-state index in [4.69, 9.17) is 4.74 Å². The van der Waals surface area contributed by atoms with Crippen LogP contribution in [0.2, 0.25) is 0 Å². The third-order valence-corrected chi connectivity index (χ3v) is 8.26. The summed E-state index contributed by atoms with van der Waals surface area (Å²) in [6, 6.07) is 18.1. The Balaban J connectivity index is 1.57. The van der Waals surface area contributed by atoms with Crippen molar-refractivity contribution in [1.29, 1.82) is 0 Å². The highest BCUT2D eigenvalue weighted by Gasteiger charge is 2.52. The molecule has 7 rings (SSSR count). The zero-order chi connectivity index (χ0) is 21.2. The normalized spacial score (nSPS) is 28.7. The van der Waals surface area contributed by atoms with E-state index in [1.54, 1.807) is 13.2 Å². The molecule has 4 aliphatic carbocycles. The first kappa shape index (κ1) is 18.9. The molecule has 31 heavy (non-hydrogen) atoms. The highest BCUT2D eigenvalue weighted by molar-refractivity contribution is 6.07. The van der Waals surface area contributed by atoms with Gasteiger partial charge in [0.25, 0.3) is 0 Å². The Labute approximate surface area is 183 Å². The third-order valence-electron chi connectivity index (χ3n) is 8.26. The maximum absolute atomic E-state index is 12.1. The summed E-state index contributed by atoms with van der Waals surface area (Å²) in [7, 11) is 1.76.